The van der Waals surface area contributed by atoms with Gasteiger partial charge in [0.2, 0.25) is 0 Å². The number of aliphatic imine (C=N–C) groups is 1. The zero-order valence-electron chi connectivity index (χ0n) is 8.15. The lowest BCUT2D eigenvalue weighted by Crippen LogP contribution is -2.25. The molecular weight excluding hydrogens is 166 g/mol. The molecule has 3 N–H and O–H groups in total. The van der Waals surface area contributed by atoms with Gasteiger partial charge in [-0.2, -0.15) is 0 Å². The maximum Gasteiger partial charge on any atom is 0.157 e. The molecule has 0 aromatic carbocycles. The van der Waals surface area contributed by atoms with Gasteiger partial charge in [-0.1, -0.05) is 0 Å². The Balaban J connectivity index is 3.06. The maximum atomic E-state index is 5.78. The van der Waals surface area contributed by atoms with Crippen LogP contribution in [-0.4, -0.2) is 22.8 Å². The summed E-state index contributed by atoms with van der Waals surface area (Å²) in [4.78, 5) is 8.36. The second-order valence-electron chi connectivity index (χ2n) is 2.72. The van der Waals surface area contributed by atoms with E-state index in [1.165, 1.54) is 0 Å². The van der Waals surface area contributed by atoms with Crippen molar-refractivity contribution in [3.63, 3.8) is 0 Å². The summed E-state index contributed by atoms with van der Waals surface area (Å²) in [6.07, 6.45) is 3.16. The summed E-state index contributed by atoms with van der Waals surface area (Å²) in [7, 11) is 3.68. The molecule has 1 rings (SSSR count). The van der Waals surface area contributed by atoms with Crippen LogP contribution in [0.2, 0.25) is 0 Å². The van der Waals surface area contributed by atoms with Gasteiger partial charge in [0.05, 0.1) is 6.33 Å². The molecule has 0 saturated carbocycles. The van der Waals surface area contributed by atoms with Crippen LogP contribution in [0.15, 0.2) is 11.3 Å². The molecule has 13 heavy (non-hydrogen) atoms. The van der Waals surface area contributed by atoms with Crippen molar-refractivity contribution < 1.29 is 0 Å². The van der Waals surface area contributed by atoms with E-state index in [4.69, 9.17) is 5.73 Å². The minimum Gasteiger partial charge on any atom is -0.319 e. The molecule has 0 saturated heterocycles. The number of aromatic nitrogens is 2. The third kappa shape index (κ3) is 1.93. The molecule has 0 aliphatic heterocycles. The van der Waals surface area contributed by atoms with E-state index in [1.807, 2.05) is 18.5 Å². The number of imidazole rings is 1. The summed E-state index contributed by atoms with van der Waals surface area (Å²) in [6, 6.07) is 0. The van der Waals surface area contributed by atoms with Crippen LogP contribution in [0.3, 0.4) is 0 Å². The van der Waals surface area contributed by atoms with Crippen molar-refractivity contribution in [2.45, 2.75) is 13.1 Å². The SMILES string of the molecule is CC=Nc1c(C(N)NC)ncn1C. The van der Waals surface area contributed by atoms with Crippen molar-refractivity contribution in [3.05, 3.63) is 12.0 Å². The highest BCUT2D eigenvalue weighted by atomic mass is 15.1. The number of nitrogens with one attached hydrogen (secondary N) is 1. The average Bonchev–Trinajstić information content (AvgIpc) is 2.48. The van der Waals surface area contributed by atoms with E-state index >= 15 is 0 Å². The zero-order chi connectivity index (χ0) is 9.84. The van der Waals surface area contributed by atoms with Gasteiger partial charge in [-0.25, -0.2) is 9.98 Å². The Morgan fingerprint density at radius 2 is 2.46 bits per heavy atom. The molecule has 0 spiro atoms. The predicted molar refractivity (Wildman–Crippen MR) is 53.0 cm³/mol. The Bertz CT molecular complexity index is 301. The molecule has 0 bridgehead atoms. The molecule has 1 aromatic rings. The molecule has 72 valence electrons. The first kappa shape index (κ1) is 9.88. The van der Waals surface area contributed by atoms with Crippen LogP contribution < -0.4 is 11.1 Å². The molecule has 0 amide bonds. The lowest BCUT2D eigenvalue weighted by Gasteiger charge is -2.07. The molecule has 1 heterocycles. The minimum atomic E-state index is -0.264. The number of hydrogen-bond acceptors (Lipinski definition) is 4. The Labute approximate surface area is 77.7 Å². The van der Waals surface area contributed by atoms with E-state index in [1.54, 1.807) is 19.6 Å². The van der Waals surface area contributed by atoms with E-state index in [0.29, 0.717) is 0 Å². The van der Waals surface area contributed by atoms with Gasteiger partial charge in [0.1, 0.15) is 11.9 Å². The van der Waals surface area contributed by atoms with Gasteiger partial charge in [-0.05, 0) is 14.0 Å². The lowest BCUT2D eigenvalue weighted by atomic mass is 10.3. The van der Waals surface area contributed by atoms with Gasteiger partial charge in [-0.15, -0.1) is 0 Å². The van der Waals surface area contributed by atoms with Crippen molar-refractivity contribution in [1.82, 2.24) is 14.9 Å². The summed E-state index contributed by atoms with van der Waals surface area (Å²) in [5.41, 5.74) is 6.54. The average molecular weight is 181 g/mol. The van der Waals surface area contributed by atoms with E-state index in [0.717, 1.165) is 11.5 Å². The highest BCUT2D eigenvalue weighted by Crippen LogP contribution is 2.19. The van der Waals surface area contributed by atoms with Crippen LogP contribution in [0.5, 0.6) is 0 Å². The van der Waals surface area contributed by atoms with Gasteiger partial charge in [0.25, 0.3) is 0 Å². The smallest absolute Gasteiger partial charge is 0.157 e. The second-order valence-corrected chi connectivity index (χ2v) is 2.72. The molecule has 1 aromatic heterocycles. The van der Waals surface area contributed by atoms with Crippen LogP contribution in [0.25, 0.3) is 0 Å². The van der Waals surface area contributed by atoms with Gasteiger partial charge in [0.15, 0.2) is 5.82 Å². The molecule has 5 heteroatoms. The Morgan fingerprint density at radius 3 is 3.00 bits per heavy atom. The third-order valence-electron chi connectivity index (χ3n) is 1.79. The number of aryl methyl sites for hydroxylation is 1. The number of nitrogens with zero attached hydrogens (tertiary/aromatic N) is 3. The molecular formula is C8H15N5. The van der Waals surface area contributed by atoms with Crippen LogP contribution in [0.4, 0.5) is 5.82 Å². The molecule has 0 aliphatic carbocycles. The fraction of sp³-hybridized carbons (Fsp3) is 0.500. The number of hydrogen-bond donors (Lipinski definition) is 2. The molecule has 1 atom stereocenters. The number of rotatable bonds is 3. The fourth-order valence-electron chi connectivity index (χ4n) is 1.08. The van der Waals surface area contributed by atoms with Crippen molar-refractivity contribution in [3.8, 4) is 0 Å². The highest BCUT2D eigenvalue weighted by Gasteiger charge is 2.12. The van der Waals surface area contributed by atoms with Gasteiger partial charge >= 0.3 is 0 Å². The van der Waals surface area contributed by atoms with E-state index in [2.05, 4.69) is 15.3 Å². The van der Waals surface area contributed by atoms with E-state index in [-0.39, 0.29) is 6.17 Å². The third-order valence-corrected chi connectivity index (χ3v) is 1.79. The highest BCUT2D eigenvalue weighted by molar-refractivity contribution is 5.60. The van der Waals surface area contributed by atoms with Crippen molar-refractivity contribution in [1.29, 1.82) is 0 Å². The summed E-state index contributed by atoms with van der Waals surface area (Å²) >= 11 is 0. The zero-order valence-corrected chi connectivity index (χ0v) is 8.15. The monoisotopic (exact) mass is 181 g/mol. The van der Waals surface area contributed by atoms with Crippen LogP contribution in [-0.2, 0) is 7.05 Å². The number of nitrogens with two attached hydrogens (primary N) is 1. The standard InChI is InChI=1S/C8H15N5/c1-4-11-8-6(7(9)10-2)12-5-13(8)3/h4-5,7,10H,9H2,1-3H3. The quantitative estimate of drug-likeness (QED) is 0.521. The van der Waals surface area contributed by atoms with Crippen molar-refractivity contribution >= 4 is 12.0 Å². The summed E-state index contributed by atoms with van der Waals surface area (Å²) in [5.74, 6) is 0.796. The van der Waals surface area contributed by atoms with Crippen LogP contribution in [0.1, 0.15) is 18.8 Å². The van der Waals surface area contributed by atoms with Gasteiger partial charge in [-0.3, -0.25) is 5.32 Å². The predicted octanol–water partition coefficient (Wildman–Crippen LogP) is 0.319. The first-order valence-electron chi connectivity index (χ1n) is 4.13. The maximum absolute atomic E-state index is 5.78. The largest absolute Gasteiger partial charge is 0.319 e. The van der Waals surface area contributed by atoms with Crippen LogP contribution >= 0.6 is 0 Å². The fourth-order valence-corrected chi connectivity index (χ4v) is 1.08. The lowest BCUT2D eigenvalue weighted by molar-refractivity contribution is 0.608. The summed E-state index contributed by atoms with van der Waals surface area (Å²) < 4.78 is 1.84. The van der Waals surface area contributed by atoms with Crippen molar-refractivity contribution in [2.75, 3.05) is 7.05 Å². The van der Waals surface area contributed by atoms with Crippen LogP contribution in [0, 0.1) is 0 Å². The topological polar surface area (TPSA) is 68.2 Å². The first-order chi connectivity index (χ1) is 6.20. The van der Waals surface area contributed by atoms with Gasteiger partial charge in [0, 0.05) is 13.3 Å². The molecule has 5 nitrogen and oxygen atoms in total. The Kier molecular flexibility index (Phi) is 3.16. The second kappa shape index (κ2) is 4.15. The molecule has 0 aliphatic rings. The molecule has 0 fully saturated rings. The van der Waals surface area contributed by atoms with Crippen molar-refractivity contribution in [2.24, 2.45) is 17.8 Å². The van der Waals surface area contributed by atoms with E-state index in [9.17, 15) is 0 Å². The van der Waals surface area contributed by atoms with E-state index < -0.39 is 0 Å². The molecule has 1 unspecified atom stereocenters. The first-order valence-corrected chi connectivity index (χ1v) is 4.13. The summed E-state index contributed by atoms with van der Waals surface area (Å²) in [5, 5.41) is 2.92. The Morgan fingerprint density at radius 1 is 1.77 bits per heavy atom. The minimum absolute atomic E-state index is 0.264. The molecule has 0 radical (unpaired) electrons. The normalized spacial score (nSPS) is 13.8. The van der Waals surface area contributed by atoms with Gasteiger partial charge < -0.3 is 10.3 Å². The summed E-state index contributed by atoms with van der Waals surface area (Å²) in [6.45, 7) is 1.86. The Hall–Kier alpha value is -1.20.